The Kier molecular flexibility index (Phi) is 9.54. The van der Waals surface area contributed by atoms with Crippen LogP contribution >= 0.6 is 11.9 Å². The van der Waals surface area contributed by atoms with Crippen LogP contribution in [0.1, 0.15) is 45.1 Å². The number of hydrazine groups is 1. The van der Waals surface area contributed by atoms with Crippen molar-refractivity contribution in [3.05, 3.63) is 42.0 Å². The Labute approximate surface area is 171 Å². The minimum absolute atomic E-state index is 0.162. The fraction of sp³-hybridized carbons (Fsp3) is 0.524. The minimum Gasteiger partial charge on any atom is -0.289 e. The van der Waals surface area contributed by atoms with Gasteiger partial charge in [0, 0.05) is 12.3 Å². The van der Waals surface area contributed by atoms with E-state index in [0.717, 1.165) is 30.7 Å². The molecule has 3 N–H and O–H groups in total. The van der Waals surface area contributed by atoms with Crippen LogP contribution in [-0.4, -0.2) is 33.7 Å². The molecule has 0 saturated carbocycles. The van der Waals surface area contributed by atoms with E-state index in [1.807, 2.05) is 60.7 Å². The second kappa shape index (κ2) is 11.9. The van der Waals surface area contributed by atoms with Gasteiger partial charge in [-0.05, 0) is 37.2 Å². The number of hydrogen-bond acceptors (Lipinski definition) is 5. The van der Waals surface area contributed by atoms with E-state index in [9.17, 15) is 14.8 Å². The van der Waals surface area contributed by atoms with Gasteiger partial charge in [0.1, 0.15) is 0 Å². The molecule has 1 heterocycles. The molecule has 1 aromatic rings. The first-order valence-corrected chi connectivity index (χ1v) is 10.8. The molecule has 28 heavy (non-hydrogen) atoms. The molecule has 2 atom stereocenters. The van der Waals surface area contributed by atoms with Gasteiger partial charge in [-0.25, -0.2) is 5.48 Å². The van der Waals surface area contributed by atoms with Gasteiger partial charge >= 0.3 is 0 Å². The summed E-state index contributed by atoms with van der Waals surface area (Å²) in [5.41, 5.74) is 5.75. The molecule has 0 aliphatic carbocycles. The van der Waals surface area contributed by atoms with E-state index in [-0.39, 0.29) is 11.8 Å². The van der Waals surface area contributed by atoms with Gasteiger partial charge in [0.15, 0.2) is 0 Å². The molecule has 6 nitrogen and oxygen atoms in total. The van der Waals surface area contributed by atoms with Crippen molar-refractivity contribution in [2.75, 3.05) is 12.3 Å². The fourth-order valence-corrected chi connectivity index (χ4v) is 4.27. The van der Waals surface area contributed by atoms with Crippen LogP contribution in [0.4, 0.5) is 0 Å². The number of nitrogens with zero attached hydrogens (tertiary/aromatic N) is 1. The molecule has 1 aliphatic heterocycles. The van der Waals surface area contributed by atoms with Gasteiger partial charge in [0.2, 0.25) is 11.8 Å². The van der Waals surface area contributed by atoms with Gasteiger partial charge in [-0.1, -0.05) is 68.3 Å². The van der Waals surface area contributed by atoms with Crippen LogP contribution in [-0.2, 0) is 9.59 Å². The molecule has 1 saturated heterocycles. The molecule has 2 rings (SSSR count). The quantitative estimate of drug-likeness (QED) is 0.332. The van der Waals surface area contributed by atoms with Crippen LogP contribution in [0.25, 0.3) is 6.08 Å². The van der Waals surface area contributed by atoms with E-state index < -0.39 is 17.7 Å². The highest BCUT2D eigenvalue weighted by atomic mass is 32.2. The summed E-state index contributed by atoms with van der Waals surface area (Å²) in [5.74, 6) is -0.612. The van der Waals surface area contributed by atoms with Crippen molar-refractivity contribution in [1.29, 1.82) is 0 Å². The van der Waals surface area contributed by atoms with E-state index >= 15 is 0 Å². The van der Waals surface area contributed by atoms with E-state index in [4.69, 9.17) is 0 Å². The molecule has 1 aliphatic rings. The summed E-state index contributed by atoms with van der Waals surface area (Å²) in [6, 6.07) is 9.79. The molecule has 1 aromatic carbocycles. The minimum atomic E-state index is -0.637. The highest BCUT2D eigenvalue weighted by Crippen LogP contribution is 2.26. The van der Waals surface area contributed by atoms with Gasteiger partial charge in [0.05, 0.1) is 11.8 Å². The maximum Gasteiger partial charge on any atom is 0.247 e. The average Bonchev–Trinajstić information content (AvgIpc) is 2.70. The highest BCUT2D eigenvalue weighted by Gasteiger charge is 2.34. The SMILES string of the molecule is CC(C)C[C@H](C(=O)NN1CCCCS1)[C@H](CC=Cc1ccccc1)C(=O)NO. The molecular formula is C21H31N3O3S. The molecule has 2 amide bonds. The van der Waals surface area contributed by atoms with E-state index in [2.05, 4.69) is 5.43 Å². The topological polar surface area (TPSA) is 81.7 Å². The number of hydroxylamine groups is 1. The van der Waals surface area contributed by atoms with E-state index in [0.29, 0.717) is 12.8 Å². The number of amides is 2. The van der Waals surface area contributed by atoms with Gasteiger partial charge in [-0.15, -0.1) is 0 Å². The van der Waals surface area contributed by atoms with Crippen LogP contribution < -0.4 is 10.9 Å². The number of allylic oxidation sites excluding steroid dienone is 1. The second-order valence-electron chi connectivity index (χ2n) is 7.49. The largest absolute Gasteiger partial charge is 0.289 e. The molecular weight excluding hydrogens is 374 g/mol. The first kappa shape index (κ1) is 22.5. The van der Waals surface area contributed by atoms with Gasteiger partial charge in [-0.2, -0.15) is 4.41 Å². The second-order valence-corrected chi connectivity index (χ2v) is 8.59. The third kappa shape index (κ3) is 7.30. The molecule has 0 radical (unpaired) electrons. The number of nitrogens with one attached hydrogen (secondary N) is 2. The number of hydrogen-bond donors (Lipinski definition) is 3. The summed E-state index contributed by atoms with van der Waals surface area (Å²) >= 11 is 1.61. The molecule has 0 spiro atoms. The third-order valence-electron chi connectivity index (χ3n) is 4.73. The Morgan fingerprint density at radius 3 is 2.54 bits per heavy atom. The normalized spacial score (nSPS) is 17.4. The van der Waals surface area contributed by atoms with Crippen molar-refractivity contribution >= 4 is 29.8 Å². The zero-order valence-electron chi connectivity index (χ0n) is 16.6. The average molecular weight is 406 g/mol. The maximum atomic E-state index is 13.0. The summed E-state index contributed by atoms with van der Waals surface area (Å²) in [6.07, 6.45) is 6.96. The Bertz CT molecular complexity index is 646. The summed E-state index contributed by atoms with van der Waals surface area (Å²) in [6.45, 7) is 4.86. The Balaban J connectivity index is 2.12. The van der Waals surface area contributed by atoms with Crippen molar-refractivity contribution in [2.45, 2.75) is 39.5 Å². The number of carbonyl (C=O) groups is 2. The van der Waals surface area contributed by atoms with Crippen molar-refractivity contribution < 1.29 is 14.8 Å². The molecule has 0 unspecified atom stereocenters. The third-order valence-corrected chi connectivity index (χ3v) is 5.79. The fourth-order valence-electron chi connectivity index (χ4n) is 3.30. The van der Waals surface area contributed by atoms with Crippen molar-refractivity contribution in [2.24, 2.45) is 17.8 Å². The lowest BCUT2D eigenvalue weighted by atomic mass is 9.82. The monoisotopic (exact) mass is 405 g/mol. The predicted molar refractivity (Wildman–Crippen MR) is 113 cm³/mol. The lowest BCUT2D eigenvalue weighted by Crippen LogP contribution is -2.47. The maximum absolute atomic E-state index is 13.0. The Hall–Kier alpha value is -1.83. The summed E-state index contributed by atoms with van der Waals surface area (Å²) in [7, 11) is 0. The van der Waals surface area contributed by atoms with Crippen LogP contribution in [0.3, 0.4) is 0 Å². The number of carbonyl (C=O) groups excluding carboxylic acids is 2. The predicted octanol–water partition coefficient (Wildman–Crippen LogP) is 3.65. The summed E-state index contributed by atoms with van der Waals surface area (Å²) in [5, 5.41) is 9.24. The number of benzene rings is 1. The van der Waals surface area contributed by atoms with Gasteiger partial charge in [0.25, 0.3) is 0 Å². The smallest absolute Gasteiger partial charge is 0.247 e. The zero-order valence-corrected chi connectivity index (χ0v) is 17.5. The zero-order chi connectivity index (χ0) is 20.4. The van der Waals surface area contributed by atoms with Crippen molar-refractivity contribution in [1.82, 2.24) is 15.3 Å². The van der Waals surface area contributed by atoms with Crippen LogP contribution in [0.2, 0.25) is 0 Å². The van der Waals surface area contributed by atoms with Gasteiger partial charge < -0.3 is 0 Å². The number of rotatable bonds is 9. The Morgan fingerprint density at radius 1 is 1.18 bits per heavy atom. The Morgan fingerprint density at radius 2 is 1.93 bits per heavy atom. The van der Waals surface area contributed by atoms with Crippen LogP contribution in [0.5, 0.6) is 0 Å². The lowest BCUT2D eigenvalue weighted by Gasteiger charge is -2.30. The molecule has 154 valence electrons. The van der Waals surface area contributed by atoms with Gasteiger partial charge in [-0.3, -0.25) is 20.2 Å². The lowest BCUT2D eigenvalue weighted by molar-refractivity contribution is -0.141. The molecule has 0 aromatic heterocycles. The summed E-state index contributed by atoms with van der Waals surface area (Å²) in [4.78, 5) is 25.4. The molecule has 0 bridgehead atoms. The van der Waals surface area contributed by atoms with E-state index in [1.54, 1.807) is 17.4 Å². The molecule has 7 heteroatoms. The van der Waals surface area contributed by atoms with Crippen molar-refractivity contribution in [3.8, 4) is 0 Å². The van der Waals surface area contributed by atoms with E-state index in [1.165, 1.54) is 0 Å². The standard InChI is InChI=1S/C21H31N3O3S/c1-16(2)15-19(20(25)22-24-13-6-7-14-28-24)18(21(26)23-27)12-8-11-17-9-4-3-5-10-17/h3-5,8-11,16,18-19,27H,6-7,12-15H2,1-2H3,(H,22,25)(H,23,26)/t18-,19-/m0/s1. The first-order valence-electron chi connectivity index (χ1n) is 9.87. The highest BCUT2D eigenvalue weighted by molar-refractivity contribution is 7.97. The molecule has 1 fully saturated rings. The van der Waals surface area contributed by atoms with Crippen LogP contribution in [0.15, 0.2) is 36.4 Å². The summed E-state index contributed by atoms with van der Waals surface area (Å²) < 4.78 is 1.87. The van der Waals surface area contributed by atoms with Crippen molar-refractivity contribution in [3.63, 3.8) is 0 Å². The van der Waals surface area contributed by atoms with Crippen LogP contribution in [0, 0.1) is 17.8 Å². The first-order chi connectivity index (χ1) is 13.5.